The number of anilines is 1. The van der Waals surface area contributed by atoms with E-state index in [4.69, 9.17) is 22.4 Å². The third-order valence-electron chi connectivity index (χ3n) is 1.77. The molecular weight excluding hydrogens is 202 g/mol. The Morgan fingerprint density at radius 2 is 2.21 bits per heavy atom. The lowest BCUT2D eigenvalue weighted by Gasteiger charge is -2.03. The van der Waals surface area contributed by atoms with Crippen molar-refractivity contribution in [2.45, 2.75) is 6.92 Å². The zero-order valence-electron chi connectivity index (χ0n) is 7.62. The quantitative estimate of drug-likeness (QED) is 0.583. The minimum Gasteiger partial charge on any atom is -0.478 e. The maximum Gasteiger partial charge on any atom is 0.328 e. The molecule has 0 aliphatic heterocycles. The molecule has 0 aromatic heterocycles. The lowest BCUT2D eigenvalue weighted by molar-refractivity contribution is -0.131. The number of nitrogens with two attached hydrogens (primary N) is 1. The highest BCUT2D eigenvalue weighted by Crippen LogP contribution is 2.23. The van der Waals surface area contributed by atoms with Gasteiger partial charge in [-0.25, -0.2) is 4.79 Å². The van der Waals surface area contributed by atoms with E-state index in [0.29, 0.717) is 16.3 Å². The fraction of sp³-hybridized carbons (Fsp3) is 0.100. The first-order chi connectivity index (χ1) is 6.50. The highest BCUT2D eigenvalue weighted by Gasteiger charge is 2.01. The van der Waals surface area contributed by atoms with E-state index in [2.05, 4.69) is 0 Å². The summed E-state index contributed by atoms with van der Waals surface area (Å²) in [6, 6.07) is 3.36. The number of halogens is 1. The minimum absolute atomic E-state index is 0.470. The molecule has 0 aliphatic carbocycles. The largest absolute Gasteiger partial charge is 0.478 e. The van der Waals surface area contributed by atoms with E-state index in [9.17, 15) is 4.79 Å². The summed E-state index contributed by atoms with van der Waals surface area (Å²) in [6.07, 6.45) is 2.49. The number of aliphatic carboxylic acids is 1. The fourth-order valence-corrected chi connectivity index (χ4v) is 1.20. The van der Waals surface area contributed by atoms with Crippen molar-refractivity contribution < 1.29 is 9.90 Å². The number of benzene rings is 1. The summed E-state index contributed by atoms with van der Waals surface area (Å²) in [5.41, 5.74) is 7.65. The number of nitrogen functional groups attached to an aromatic ring is 1. The first kappa shape index (κ1) is 10.6. The van der Waals surface area contributed by atoms with E-state index >= 15 is 0 Å². The zero-order valence-corrected chi connectivity index (χ0v) is 8.38. The van der Waals surface area contributed by atoms with E-state index in [-0.39, 0.29) is 0 Å². The van der Waals surface area contributed by atoms with E-state index in [1.807, 2.05) is 6.92 Å². The van der Waals surface area contributed by atoms with Gasteiger partial charge in [-0.15, -0.1) is 0 Å². The van der Waals surface area contributed by atoms with Crippen LogP contribution in [0.15, 0.2) is 18.2 Å². The maximum atomic E-state index is 10.3. The Kier molecular flexibility index (Phi) is 3.14. The van der Waals surface area contributed by atoms with Gasteiger partial charge in [-0.05, 0) is 36.3 Å². The first-order valence-electron chi connectivity index (χ1n) is 3.97. The van der Waals surface area contributed by atoms with Crippen LogP contribution in [0.1, 0.15) is 11.1 Å². The number of carboxylic acid groups (broad SMARTS) is 1. The van der Waals surface area contributed by atoms with Crippen LogP contribution < -0.4 is 5.73 Å². The van der Waals surface area contributed by atoms with Gasteiger partial charge in [0.05, 0.1) is 0 Å². The summed E-state index contributed by atoms with van der Waals surface area (Å²) in [6.45, 7) is 1.83. The fourth-order valence-electron chi connectivity index (χ4n) is 1.02. The van der Waals surface area contributed by atoms with Crippen molar-refractivity contribution in [3.8, 4) is 0 Å². The highest BCUT2D eigenvalue weighted by molar-refractivity contribution is 6.31. The van der Waals surface area contributed by atoms with Crippen LogP contribution in [0.4, 0.5) is 5.69 Å². The molecule has 0 saturated carbocycles. The predicted molar refractivity (Wildman–Crippen MR) is 57.3 cm³/mol. The van der Waals surface area contributed by atoms with Crippen molar-refractivity contribution in [1.29, 1.82) is 0 Å². The number of aryl methyl sites for hydroxylation is 1. The van der Waals surface area contributed by atoms with E-state index in [0.717, 1.165) is 11.6 Å². The molecule has 1 aromatic carbocycles. The predicted octanol–water partition coefficient (Wildman–Crippen LogP) is 2.33. The van der Waals surface area contributed by atoms with Gasteiger partial charge in [0.1, 0.15) is 0 Å². The third-order valence-corrected chi connectivity index (χ3v) is 2.18. The molecule has 0 spiro atoms. The Bertz CT molecular complexity index is 399. The lowest BCUT2D eigenvalue weighted by Crippen LogP contribution is -1.92. The van der Waals surface area contributed by atoms with Gasteiger partial charge in [-0.3, -0.25) is 0 Å². The second-order valence-corrected chi connectivity index (χ2v) is 3.31. The van der Waals surface area contributed by atoms with Crippen LogP contribution in [0.3, 0.4) is 0 Å². The molecule has 1 rings (SSSR count). The van der Waals surface area contributed by atoms with Gasteiger partial charge in [0.25, 0.3) is 0 Å². The van der Waals surface area contributed by atoms with Crippen LogP contribution in [0, 0.1) is 6.92 Å². The second kappa shape index (κ2) is 4.15. The minimum atomic E-state index is -1.00. The molecule has 0 radical (unpaired) electrons. The average molecular weight is 212 g/mol. The van der Waals surface area contributed by atoms with Gasteiger partial charge in [0.2, 0.25) is 0 Å². The number of rotatable bonds is 2. The molecule has 3 N–H and O–H groups in total. The molecule has 0 fully saturated rings. The normalized spacial score (nSPS) is 10.7. The van der Waals surface area contributed by atoms with E-state index < -0.39 is 5.97 Å². The van der Waals surface area contributed by atoms with Gasteiger partial charge in [0.15, 0.2) is 0 Å². The SMILES string of the molecule is Cc1cc(/C=C/C(=O)O)c(N)cc1Cl. The molecule has 1 aromatic rings. The van der Waals surface area contributed by atoms with Crippen LogP contribution in [0.25, 0.3) is 6.08 Å². The summed E-state index contributed by atoms with van der Waals surface area (Å²) < 4.78 is 0. The van der Waals surface area contributed by atoms with Crippen molar-refractivity contribution >= 4 is 29.3 Å². The number of carboxylic acids is 1. The van der Waals surface area contributed by atoms with Crippen LogP contribution >= 0.6 is 11.6 Å². The zero-order chi connectivity index (χ0) is 10.7. The van der Waals surface area contributed by atoms with Gasteiger partial charge in [-0.1, -0.05) is 11.6 Å². The molecule has 14 heavy (non-hydrogen) atoms. The molecule has 0 saturated heterocycles. The molecule has 74 valence electrons. The van der Waals surface area contributed by atoms with Gasteiger partial charge < -0.3 is 10.8 Å². The Hall–Kier alpha value is -1.48. The molecule has 0 atom stereocenters. The monoisotopic (exact) mass is 211 g/mol. The first-order valence-corrected chi connectivity index (χ1v) is 4.35. The highest BCUT2D eigenvalue weighted by atomic mass is 35.5. The molecule has 4 heteroatoms. The van der Waals surface area contributed by atoms with Crippen LogP contribution in [0.2, 0.25) is 5.02 Å². The smallest absolute Gasteiger partial charge is 0.328 e. The van der Waals surface area contributed by atoms with Crippen molar-refractivity contribution in [3.63, 3.8) is 0 Å². The Balaban J connectivity index is 3.10. The second-order valence-electron chi connectivity index (χ2n) is 2.90. The Morgan fingerprint density at radius 1 is 1.57 bits per heavy atom. The van der Waals surface area contributed by atoms with E-state index in [1.165, 1.54) is 6.08 Å². The number of hydrogen-bond donors (Lipinski definition) is 2. The van der Waals surface area contributed by atoms with Crippen LogP contribution in [-0.4, -0.2) is 11.1 Å². The van der Waals surface area contributed by atoms with Crippen LogP contribution in [0.5, 0.6) is 0 Å². The molecule has 0 amide bonds. The van der Waals surface area contributed by atoms with E-state index in [1.54, 1.807) is 12.1 Å². The molecule has 0 aliphatic rings. The van der Waals surface area contributed by atoms with Gasteiger partial charge in [-0.2, -0.15) is 0 Å². The number of hydrogen-bond acceptors (Lipinski definition) is 2. The maximum absolute atomic E-state index is 10.3. The van der Waals surface area contributed by atoms with Gasteiger partial charge >= 0.3 is 5.97 Å². The van der Waals surface area contributed by atoms with Crippen molar-refractivity contribution in [2.24, 2.45) is 0 Å². The number of carbonyl (C=O) groups is 1. The summed E-state index contributed by atoms with van der Waals surface area (Å²) in [5, 5.41) is 9.01. The summed E-state index contributed by atoms with van der Waals surface area (Å²) in [5.74, 6) is -1.00. The van der Waals surface area contributed by atoms with Gasteiger partial charge in [0, 0.05) is 16.8 Å². The van der Waals surface area contributed by atoms with Crippen molar-refractivity contribution in [3.05, 3.63) is 34.4 Å². The molecule has 3 nitrogen and oxygen atoms in total. The molecule has 0 heterocycles. The topological polar surface area (TPSA) is 63.3 Å². The molecular formula is C10H10ClNO2. The Morgan fingerprint density at radius 3 is 2.79 bits per heavy atom. The van der Waals surface area contributed by atoms with Crippen LogP contribution in [-0.2, 0) is 4.79 Å². The summed E-state index contributed by atoms with van der Waals surface area (Å²) in [7, 11) is 0. The molecule has 0 unspecified atom stereocenters. The standard InChI is InChI=1S/C10H10ClNO2/c1-6-4-7(2-3-10(13)14)9(12)5-8(6)11/h2-5H,12H2,1H3,(H,13,14)/b3-2+. The summed E-state index contributed by atoms with van der Waals surface area (Å²) >= 11 is 5.83. The summed E-state index contributed by atoms with van der Waals surface area (Å²) in [4.78, 5) is 10.3. The van der Waals surface area contributed by atoms with Crippen molar-refractivity contribution in [2.75, 3.05) is 5.73 Å². The Labute approximate surface area is 86.8 Å². The lowest BCUT2D eigenvalue weighted by atomic mass is 10.1. The van der Waals surface area contributed by atoms with Crippen molar-refractivity contribution in [1.82, 2.24) is 0 Å². The molecule has 0 bridgehead atoms. The third kappa shape index (κ3) is 2.50. The average Bonchev–Trinajstić information content (AvgIpc) is 2.09.